The molecule has 4 aromatic heterocycles. The molecule has 40 heavy (non-hydrogen) atoms. The molecule has 3 aromatic carbocycles. The summed E-state index contributed by atoms with van der Waals surface area (Å²) in [6, 6.07) is 33.8. The lowest BCUT2D eigenvalue weighted by Gasteiger charge is -2.19. The van der Waals surface area contributed by atoms with Crippen molar-refractivity contribution in [3.05, 3.63) is 133 Å². The zero-order valence-corrected chi connectivity index (χ0v) is 22.3. The standard InChI is InChI=1S/C36H26N4/c1-23-20-26(22-39-36(23)33-15-7-8-19-38-33)34-28-11-3-5-13-30(28)35(31-14-6-4-12-29(31)34)27-16-17-32(40-24(27)2)25-10-9-18-37-21-25/h3-22H,1-2H3. The van der Waals surface area contributed by atoms with Gasteiger partial charge in [-0.25, -0.2) is 0 Å². The maximum atomic E-state index is 5.01. The van der Waals surface area contributed by atoms with Gasteiger partial charge < -0.3 is 0 Å². The first-order chi connectivity index (χ1) is 19.7. The van der Waals surface area contributed by atoms with E-state index in [0.29, 0.717) is 0 Å². The van der Waals surface area contributed by atoms with E-state index >= 15 is 0 Å². The molecule has 4 nitrogen and oxygen atoms in total. The average Bonchev–Trinajstić information content (AvgIpc) is 3.01. The van der Waals surface area contributed by atoms with Crippen molar-refractivity contribution in [2.24, 2.45) is 0 Å². The van der Waals surface area contributed by atoms with E-state index in [0.717, 1.165) is 45.0 Å². The topological polar surface area (TPSA) is 51.6 Å². The number of aromatic nitrogens is 4. The monoisotopic (exact) mass is 514 g/mol. The molecule has 0 atom stereocenters. The number of aryl methyl sites for hydroxylation is 2. The summed E-state index contributed by atoms with van der Waals surface area (Å²) in [5, 5.41) is 4.78. The predicted octanol–water partition coefficient (Wildman–Crippen LogP) is 8.86. The lowest BCUT2D eigenvalue weighted by molar-refractivity contribution is 1.20. The first kappa shape index (κ1) is 23.9. The molecular weight excluding hydrogens is 488 g/mol. The van der Waals surface area contributed by atoms with Crippen LogP contribution in [-0.4, -0.2) is 19.9 Å². The summed E-state index contributed by atoms with van der Waals surface area (Å²) >= 11 is 0. The summed E-state index contributed by atoms with van der Waals surface area (Å²) in [7, 11) is 0. The van der Waals surface area contributed by atoms with E-state index in [1.54, 1.807) is 6.20 Å². The summed E-state index contributed by atoms with van der Waals surface area (Å²) in [5.41, 5.74) is 10.4. The van der Waals surface area contributed by atoms with E-state index < -0.39 is 0 Å². The third-order valence-corrected chi connectivity index (χ3v) is 7.52. The predicted molar refractivity (Wildman–Crippen MR) is 164 cm³/mol. The highest BCUT2D eigenvalue weighted by Gasteiger charge is 2.19. The van der Waals surface area contributed by atoms with Crippen molar-refractivity contribution in [2.75, 3.05) is 0 Å². The van der Waals surface area contributed by atoms with Gasteiger partial charge in [0, 0.05) is 47.2 Å². The van der Waals surface area contributed by atoms with E-state index in [1.165, 1.54) is 32.7 Å². The van der Waals surface area contributed by atoms with Crippen LogP contribution >= 0.6 is 0 Å². The summed E-state index contributed by atoms with van der Waals surface area (Å²) in [4.78, 5) is 18.7. The summed E-state index contributed by atoms with van der Waals surface area (Å²) in [5.74, 6) is 0. The fraction of sp³-hybridized carbons (Fsp3) is 0.0556. The van der Waals surface area contributed by atoms with Crippen molar-refractivity contribution in [2.45, 2.75) is 13.8 Å². The van der Waals surface area contributed by atoms with Gasteiger partial charge in [0.15, 0.2) is 0 Å². The summed E-state index contributed by atoms with van der Waals surface area (Å²) in [6.45, 7) is 4.20. The zero-order valence-electron chi connectivity index (χ0n) is 22.3. The maximum absolute atomic E-state index is 5.01. The van der Waals surface area contributed by atoms with E-state index in [1.807, 2.05) is 48.9 Å². The van der Waals surface area contributed by atoms with E-state index in [2.05, 4.69) is 90.5 Å². The number of benzene rings is 3. The highest BCUT2D eigenvalue weighted by molar-refractivity contribution is 6.21. The second kappa shape index (κ2) is 9.83. The van der Waals surface area contributed by atoms with Crippen molar-refractivity contribution in [1.29, 1.82) is 0 Å². The van der Waals surface area contributed by atoms with Gasteiger partial charge in [0.1, 0.15) is 0 Å². The first-order valence-corrected chi connectivity index (χ1v) is 13.4. The highest BCUT2D eigenvalue weighted by atomic mass is 14.8. The van der Waals surface area contributed by atoms with Gasteiger partial charge in [-0.2, -0.15) is 0 Å². The van der Waals surface area contributed by atoms with Gasteiger partial charge in [0.05, 0.1) is 17.1 Å². The molecule has 0 saturated carbocycles. The van der Waals surface area contributed by atoms with Crippen LogP contribution in [0.1, 0.15) is 11.3 Å². The lowest BCUT2D eigenvalue weighted by Crippen LogP contribution is -1.96. The van der Waals surface area contributed by atoms with Gasteiger partial charge in [0.25, 0.3) is 0 Å². The van der Waals surface area contributed by atoms with Gasteiger partial charge in [-0.05, 0) is 88.5 Å². The minimum atomic E-state index is 0.884. The van der Waals surface area contributed by atoms with Gasteiger partial charge in [-0.15, -0.1) is 0 Å². The van der Waals surface area contributed by atoms with Crippen LogP contribution < -0.4 is 0 Å². The van der Waals surface area contributed by atoms with Crippen LogP contribution in [0.3, 0.4) is 0 Å². The molecule has 7 aromatic rings. The number of nitrogens with zero attached hydrogens (tertiary/aromatic N) is 4. The Labute approximate surface area is 233 Å². The largest absolute Gasteiger partial charge is 0.264 e. The van der Waals surface area contributed by atoms with Crippen LogP contribution in [0.25, 0.3) is 66.4 Å². The van der Waals surface area contributed by atoms with E-state index in [9.17, 15) is 0 Å². The number of hydrogen-bond acceptors (Lipinski definition) is 4. The molecule has 0 bridgehead atoms. The van der Waals surface area contributed by atoms with Gasteiger partial charge in [-0.1, -0.05) is 60.7 Å². The lowest BCUT2D eigenvalue weighted by atomic mass is 9.85. The third kappa shape index (κ3) is 4.02. The molecule has 0 unspecified atom stereocenters. The second-order valence-corrected chi connectivity index (χ2v) is 10.0. The molecule has 0 radical (unpaired) electrons. The number of pyridine rings is 4. The van der Waals surface area contributed by atoms with Crippen LogP contribution in [-0.2, 0) is 0 Å². The van der Waals surface area contributed by atoms with Crippen LogP contribution in [0, 0.1) is 13.8 Å². The van der Waals surface area contributed by atoms with E-state index in [4.69, 9.17) is 9.97 Å². The Kier molecular flexibility index (Phi) is 5.86. The first-order valence-electron chi connectivity index (χ1n) is 13.4. The molecule has 0 aliphatic heterocycles. The Balaban J connectivity index is 1.47. The quantitative estimate of drug-likeness (QED) is 0.220. The van der Waals surface area contributed by atoms with Crippen molar-refractivity contribution in [3.63, 3.8) is 0 Å². The molecule has 0 aliphatic rings. The molecule has 0 aliphatic carbocycles. The molecule has 0 fully saturated rings. The normalized spacial score (nSPS) is 11.2. The number of fused-ring (bicyclic) bond motifs is 2. The fourth-order valence-electron chi connectivity index (χ4n) is 5.71. The Morgan fingerprint density at radius 3 is 1.82 bits per heavy atom. The molecular formula is C36H26N4. The molecule has 0 saturated heterocycles. The smallest absolute Gasteiger partial charge is 0.0915 e. The van der Waals surface area contributed by atoms with E-state index in [-0.39, 0.29) is 0 Å². The van der Waals surface area contributed by atoms with Gasteiger partial charge >= 0.3 is 0 Å². The van der Waals surface area contributed by atoms with Crippen LogP contribution in [0.15, 0.2) is 122 Å². The highest BCUT2D eigenvalue weighted by Crippen LogP contribution is 2.44. The zero-order chi connectivity index (χ0) is 27.1. The average molecular weight is 515 g/mol. The Hall–Kier alpha value is -5.22. The molecule has 0 spiro atoms. The minimum absolute atomic E-state index is 0.884. The molecule has 0 N–H and O–H groups in total. The Bertz CT molecular complexity index is 1960. The molecule has 7 rings (SSSR count). The Morgan fingerprint density at radius 2 is 1.23 bits per heavy atom. The minimum Gasteiger partial charge on any atom is -0.264 e. The van der Waals surface area contributed by atoms with Crippen LogP contribution in [0.5, 0.6) is 0 Å². The summed E-state index contributed by atoms with van der Waals surface area (Å²) in [6.07, 6.45) is 7.44. The van der Waals surface area contributed by atoms with Crippen LogP contribution in [0.4, 0.5) is 0 Å². The fourth-order valence-corrected chi connectivity index (χ4v) is 5.71. The molecule has 190 valence electrons. The maximum Gasteiger partial charge on any atom is 0.0915 e. The van der Waals surface area contributed by atoms with Crippen molar-refractivity contribution < 1.29 is 0 Å². The van der Waals surface area contributed by atoms with Crippen molar-refractivity contribution in [1.82, 2.24) is 19.9 Å². The molecule has 0 amide bonds. The van der Waals surface area contributed by atoms with Crippen molar-refractivity contribution >= 4 is 21.5 Å². The molecule has 4 heteroatoms. The Morgan fingerprint density at radius 1 is 0.525 bits per heavy atom. The number of hydrogen-bond donors (Lipinski definition) is 0. The number of rotatable bonds is 4. The second-order valence-electron chi connectivity index (χ2n) is 10.0. The summed E-state index contributed by atoms with van der Waals surface area (Å²) < 4.78 is 0. The molecule has 4 heterocycles. The SMILES string of the molecule is Cc1cc(-c2c3ccccc3c(-c3ccc(-c4cccnc4)nc3C)c3ccccc23)cnc1-c1ccccn1. The van der Waals surface area contributed by atoms with Crippen molar-refractivity contribution in [3.8, 4) is 44.9 Å². The van der Waals surface area contributed by atoms with Gasteiger partial charge in [-0.3, -0.25) is 19.9 Å². The van der Waals surface area contributed by atoms with Gasteiger partial charge in [0.2, 0.25) is 0 Å². The third-order valence-electron chi connectivity index (χ3n) is 7.52. The van der Waals surface area contributed by atoms with Crippen LogP contribution in [0.2, 0.25) is 0 Å².